The van der Waals surface area contributed by atoms with Gasteiger partial charge in [0.05, 0.1) is 5.69 Å². The molecular formula is C22H21N3O3S. The van der Waals surface area contributed by atoms with E-state index in [9.17, 15) is 4.79 Å². The molecule has 2 aromatic carbocycles. The predicted molar refractivity (Wildman–Crippen MR) is 114 cm³/mol. The molecule has 1 N–H and O–H groups in total. The lowest BCUT2D eigenvalue weighted by Gasteiger charge is -2.25. The second-order valence-corrected chi connectivity index (χ2v) is 8.00. The lowest BCUT2D eigenvalue weighted by Crippen LogP contribution is -2.29. The molecule has 3 heterocycles. The number of carbonyl (C=O) groups is 1. The van der Waals surface area contributed by atoms with E-state index in [0.29, 0.717) is 17.1 Å². The molecule has 1 amide bonds. The topological polar surface area (TPSA) is 63.7 Å². The molecule has 0 saturated carbocycles. The summed E-state index contributed by atoms with van der Waals surface area (Å²) >= 11 is 1.68. The zero-order chi connectivity index (χ0) is 19.6. The molecule has 2 aliphatic rings. The summed E-state index contributed by atoms with van der Waals surface area (Å²) < 4.78 is 10.7. The van der Waals surface area contributed by atoms with Crippen molar-refractivity contribution in [3.63, 3.8) is 0 Å². The minimum Gasteiger partial charge on any atom is -0.454 e. The van der Waals surface area contributed by atoms with E-state index in [0.717, 1.165) is 35.2 Å². The number of amides is 1. The molecule has 29 heavy (non-hydrogen) atoms. The number of fused-ring (bicyclic) bond motifs is 1. The molecule has 1 aromatic heterocycles. The molecule has 6 nitrogen and oxygen atoms in total. The summed E-state index contributed by atoms with van der Waals surface area (Å²) in [5, 5.41) is 6.12. The minimum atomic E-state index is -0.187. The summed E-state index contributed by atoms with van der Waals surface area (Å²) in [6, 6.07) is 13.0. The Morgan fingerprint density at radius 1 is 1.03 bits per heavy atom. The maximum Gasteiger partial charge on any atom is 0.255 e. The SMILES string of the molecule is O=C(Nc1cccc(-c2csc(N3CCCCC3)n2)c1)c1ccc2c(c1)OCO2. The van der Waals surface area contributed by atoms with Crippen LogP contribution in [-0.2, 0) is 0 Å². The predicted octanol–water partition coefficient (Wildman–Crippen LogP) is 4.78. The maximum absolute atomic E-state index is 12.6. The van der Waals surface area contributed by atoms with Crippen molar-refractivity contribution in [1.82, 2.24) is 4.98 Å². The molecule has 0 aliphatic carbocycles. The average Bonchev–Trinajstić information content (AvgIpc) is 3.44. The smallest absolute Gasteiger partial charge is 0.255 e. The molecule has 148 valence electrons. The van der Waals surface area contributed by atoms with Crippen LogP contribution in [0.2, 0.25) is 0 Å². The maximum atomic E-state index is 12.6. The summed E-state index contributed by atoms with van der Waals surface area (Å²) in [6.45, 7) is 2.35. The first kappa shape index (κ1) is 18.0. The highest BCUT2D eigenvalue weighted by atomic mass is 32.1. The van der Waals surface area contributed by atoms with Crippen LogP contribution in [-0.4, -0.2) is 30.8 Å². The van der Waals surface area contributed by atoms with E-state index in [1.165, 1.54) is 19.3 Å². The molecule has 0 radical (unpaired) electrons. The fraction of sp³-hybridized carbons (Fsp3) is 0.273. The van der Waals surface area contributed by atoms with Crippen molar-refractivity contribution in [2.75, 3.05) is 30.1 Å². The zero-order valence-electron chi connectivity index (χ0n) is 15.9. The number of piperidine rings is 1. The van der Waals surface area contributed by atoms with Gasteiger partial charge in [0.25, 0.3) is 5.91 Å². The number of rotatable bonds is 4. The van der Waals surface area contributed by atoms with Gasteiger partial charge in [-0.15, -0.1) is 11.3 Å². The number of hydrogen-bond acceptors (Lipinski definition) is 6. The Kier molecular flexibility index (Phi) is 4.81. The van der Waals surface area contributed by atoms with Crippen LogP contribution in [0.3, 0.4) is 0 Å². The van der Waals surface area contributed by atoms with Crippen LogP contribution >= 0.6 is 11.3 Å². The van der Waals surface area contributed by atoms with Crippen molar-refractivity contribution in [3.8, 4) is 22.8 Å². The van der Waals surface area contributed by atoms with Crippen molar-refractivity contribution < 1.29 is 14.3 Å². The third-order valence-electron chi connectivity index (χ3n) is 5.17. The van der Waals surface area contributed by atoms with Gasteiger partial charge in [0.15, 0.2) is 16.6 Å². The van der Waals surface area contributed by atoms with Gasteiger partial charge in [0.1, 0.15) is 0 Å². The third-order valence-corrected chi connectivity index (χ3v) is 6.07. The average molecular weight is 407 g/mol. The number of aromatic nitrogens is 1. The van der Waals surface area contributed by atoms with Gasteiger partial charge in [-0.25, -0.2) is 4.98 Å². The summed E-state index contributed by atoms with van der Waals surface area (Å²) in [5.74, 6) is 1.07. The number of nitrogens with one attached hydrogen (secondary N) is 1. The first-order chi connectivity index (χ1) is 14.3. The zero-order valence-corrected chi connectivity index (χ0v) is 16.7. The van der Waals surface area contributed by atoms with Gasteiger partial charge < -0.3 is 19.7 Å². The molecule has 7 heteroatoms. The van der Waals surface area contributed by atoms with E-state index in [1.54, 1.807) is 29.5 Å². The molecule has 1 saturated heterocycles. The molecule has 0 spiro atoms. The Morgan fingerprint density at radius 3 is 2.79 bits per heavy atom. The highest BCUT2D eigenvalue weighted by molar-refractivity contribution is 7.14. The first-order valence-electron chi connectivity index (χ1n) is 9.78. The van der Waals surface area contributed by atoms with Crippen molar-refractivity contribution in [2.45, 2.75) is 19.3 Å². The van der Waals surface area contributed by atoms with E-state index in [1.807, 2.05) is 24.3 Å². The molecule has 0 bridgehead atoms. The second-order valence-electron chi connectivity index (χ2n) is 7.17. The molecule has 5 rings (SSSR count). The molecule has 1 fully saturated rings. The second kappa shape index (κ2) is 7.75. The van der Waals surface area contributed by atoms with Crippen LogP contribution in [0.25, 0.3) is 11.3 Å². The molecule has 0 atom stereocenters. The number of thiazole rings is 1. The van der Waals surface area contributed by atoms with E-state index in [4.69, 9.17) is 14.5 Å². The Labute approximate surface area is 173 Å². The standard InChI is InChI=1S/C22H21N3O3S/c26-21(16-7-8-19-20(12-16)28-14-27-19)23-17-6-4-5-15(11-17)18-13-29-22(24-18)25-9-2-1-3-10-25/h4-8,11-13H,1-3,9-10,14H2,(H,23,26). The van der Waals surface area contributed by atoms with Gasteiger partial charge in [0, 0.05) is 35.3 Å². The number of carbonyl (C=O) groups excluding carboxylic acids is 1. The van der Waals surface area contributed by atoms with E-state index < -0.39 is 0 Å². The lowest BCUT2D eigenvalue weighted by molar-refractivity contribution is 0.102. The highest BCUT2D eigenvalue weighted by Gasteiger charge is 2.17. The number of nitrogens with zero attached hydrogens (tertiary/aromatic N) is 2. The first-order valence-corrected chi connectivity index (χ1v) is 10.7. The Balaban J connectivity index is 1.32. The molecule has 3 aromatic rings. The van der Waals surface area contributed by atoms with E-state index >= 15 is 0 Å². The van der Waals surface area contributed by atoms with Gasteiger partial charge in [-0.3, -0.25) is 4.79 Å². The highest BCUT2D eigenvalue weighted by Crippen LogP contribution is 2.33. The van der Waals surface area contributed by atoms with Crippen LogP contribution in [0.15, 0.2) is 47.8 Å². The van der Waals surface area contributed by atoms with Gasteiger partial charge in [0.2, 0.25) is 6.79 Å². The summed E-state index contributed by atoms with van der Waals surface area (Å²) in [5.41, 5.74) is 3.20. The van der Waals surface area contributed by atoms with Crippen molar-refractivity contribution in [3.05, 3.63) is 53.4 Å². The normalized spacial score (nSPS) is 15.4. The summed E-state index contributed by atoms with van der Waals surface area (Å²) in [6.07, 6.45) is 3.77. The van der Waals surface area contributed by atoms with Crippen molar-refractivity contribution >= 4 is 28.1 Å². The van der Waals surface area contributed by atoms with Crippen LogP contribution in [0.5, 0.6) is 11.5 Å². The fourth-order valence-corrected chi connectivity index (χ4v) is 4.51. The van der Waals surface area contributed by atoms with E-state index in [-0.39, 0.29) is 12.7 Å². The number of ether oxygens (including phenoxy) is 2. The van der Waals surface area contributed by atoms with Gasteiger partial charge >= 0.3 is 0 Å². The molecular weight excluding hydrogens is 386 g/mol. The summed E-state index contributed by atoms with van der Waals surface area (Å²) in [7, 11) is 0. The molecule has 0 unspecified atom stereocenters. The van der Waals surface area contributed by atoms with Gasteiger partial charge in [-0.2, -0.15) is 0 Å². The van der Waals surface area contributed by atoms with Gasteiger partial charge in [-0.05, 0) is 49.6 Å². The largest absolute Gasteiger partial charge is 0.454 e. The van der Waals surface area contributed by atoms with Crippen LogP contribution < -0.4 is 19.7 Å². The Bertz CT molecular complexity index is 1040. The monoisotopic (exact) mass is 407 g/mol. The van der Waals surface area contributed by atoms with Crippen LogP contribution in [0.1, 0.15) is 29.6 Å². The number of anilines is 2. The molecule has 2 aliphatic heterocycles. The number of hydrogen-bond donors (Lipinski definition) is 1. The van der Waals surface area contributed by atoms with Gasteiger partial charge in [-0.1, -0.05) is 12.1 Å². The van der Waals surface area contributed by atoms with Crippen LogP contribution in [0, 0.1) is 0 Å². The Morgan fingerprint density at radius 2 is 1.90 bits per heavy atom. The third kappa shape index (κ3) is 3.78. The van der Waals surface area contributed by atoms with Crippen molar-refractivity contribution in [2.24, 2.45) is 0 Å². The fourth-order valence-electron chi connectivity index (χ4n) is 3.62. The minimum absolute atomic E-state index is 0.187. The summed E-state index contributed by atoms with van der Waals surface area (Å²) in [4.78, 5) is 19.8. The number of benzene rings is 2. The quantitative estimate of drug-likeness (QED) is 0.674. The Hall–Kier alpha value is -3.06. The van der Waals surface area contributed by atoms with E-state index in [2.05, 4.69) is 15.6 Å². The van der Waals surface area contributed by atoms with Crippen molar-refractivity contribution in [1.29, 1.82) is 0 Å². The van der Waals surface area contributed by atoms with Crippen LogP contribution in [0.4, 0.5) is 10.8 Å². The lowest BCUT2D eigenvalue weighted by atomic mass is 10.1.